The van der Waals surface area contributed by atoms with Gasteiger partial charge in [-0.1, -0.05) is 6.92 Å². The van der Waals surface area contributed by atoms with E-state index in [1.165, 1.54) is 0 Å². The second-order valence-electron chi connectivity index (χ2n) is 2.31. The molecule has 10 heavy (non-hydrogen) atoms. The summed E-state index contributed by atoms with van der Waals surface area (Å²) in [6.45, 7) is 3.85. The molecule has 0 unspecified atom stereocenters. The van der Waals surface area contributed by atoms with E-state index in [2.05, 4.69) is 4.98 Å². The zero-order chi connectivity index (χ0) is 7.56. The number of hydrogen-bond acceptors (Lipinski definition) is 2. The fourth-order valence-corrected chi connectivity index (χ4v) is 0.846. The Hall–Kier alpha value is -1.05. The van der Waals surface area contributed by atoms with Crippen molar-refractivity contribution >= 4 is 0 Å². The first-order valence-electron chi connectivity index (χ1n) is 3.38. The van der Waals surface area contributed by atoms with Gasteiger partial charge in [0.2, 0.25) is 0 Å². The molecule has 1 aromatic heterocycles. The van der Waals surface area contributed by atoms with Gasteiger partial charge in [-0.05, 0) is 13.3 Å². The third-order valence-corrected chi connectivity index (χ3v) is 1.48. The van der Waals surface area contributed by atoms with E-state index in [0.29, 0.717) is 5.75 Å². The maximum Gasteiger partial charge on any atom is 0.122 e. The quantitative estimate of drug-likeness (QED) is 0.638. The topological polar surface area (TPSA) is 33.1 Å². The van der Waals surface area contributed by atoms with Gasteiger partial charge in [-0.2, -0.15) is 0 Å². The minimum atomic E-state index is 0.356. The third-order valence-electron chi connectivity index (χ3n) is 1.48. The number of rotatable bonds is 1. The first-order chi connectivity index (χ1) is 4.74. The highest BCUT2D eigenvalue weighted by Gasteiger charge is 1.97. The molecule has 1 rings (SSSR count). The van der Waals surface area contributed by atoms with Crippen LogP contribution in [-0.4, -0.2) is 10.1 Å². The number of aromatic hydroxyl groups is 1. The van der Waals surface area contributed by atoms with Gasteiger partial charge < -0.3 is 5.11 Å². The second kappa shape index (κ2) is 2.69. The summed E-state index contributed by atoms with van der Waals surface area (Å²) < 4.78 is 0. The average molecular weight is 137 g/mol. The second-order valence-corrected chi connectivity index (χ2v) is 2.31. The van der Waals surface area contributed by atoms with Gasteiger partial charge in [0.25, 0.3) is 0 Å². The van der Waals surface area contributed by atoms with Crippen LogP contribution in [0.4, 0.5) is 0 Å². The van der Waals surface area contributed by atoms with E-state index < -0.39 is 0 Å². The first-order valence-corrected chi connectivity index (χ1v) is 3.38. The van der Waals surface area contributed by atoms with Crippen molar-refractivity contribution in [2.24, 2.45) is 0 Å². The summed E-state index contributed by atoms with van der Waals surface area (Å²) in [5.74, 6) is 0.356. The molecule has 0 spiro atoms. The van der Waals surface area contributed by atoms with Gasteiger partial charge in [-0.25, -0.2) is 0 Å². The van der Waals surface area contributed by atoms with Gasteiger partial charge in [0.1, 0.15) is 5.75 Å². The molecule has 0 aliphatic carbocycles. The predicted octanol–water partition coefficient (Wildman–Crippen LogP) is 1.66. The normalized spacial score (nSPS) is 9.80. The van der Waals surface area contributed by atoms with Crippen LogP contribution in [0.1, 0.15) is 18.2 Å². The van der Waals surface area contributed by atoms with Crippen molar-refractivity contribution in [3.05, 3.63) is 23.5 Å². The highest BCUT2D eigenvalue weighted by molar-refractivity contribution is 5.30. The van der Waals surface area contributed by atoms with E-state index >= 15 is 0 Å². The van der Waals surface area contributed by atoms with Gasteiger partial charge in [0.05, 0.1) is 0 Å². The molecule has 0 bridgehead atoms. The zero-order valence-electron chi connectivity index (χ0n) is 6.26. The number of nitrogens with zero attached hydrogens (tertiary/aromatic N) is 1. The van der Waals surface area contributed by atoms with Crippen molar-refractivity contribution < 1.29 is 5.11 Å². The summed E-state index contributed by atoms with van der Waals surface area (Å²) in [7, 11) is 0. The average Bonchev–Trinajstić information content (AvgIpc) is 1.88. The summed E-state index contributed by atoms with van der Waals surface area (Å²) in [5, 5.41) is 9.25. The first kappa shape index (κ1) is 7.06. The Morgan fingerprint density at radius 1 is 1.60 bits per heavy atom. The lowest BCUT2D eigenvalue weighted by molar-refractivity contribution is 0.467. The van der Waals surface area contributed by atoms with Gasteiger partial charge in [-0.15, -0.1) is 0 Å². The molecule has 54 valence electrons. The lowest BCUT2D eigenvalue weighted by atomic mass is 10.2. The van der Waals surface area contributed by atoms with Gasteiger partial charge in [0.15, 0.2) is 0 Å². The molecule has 0 saturated heterocycles. The molecular weight excluding hydrogens is 126 g/mol. The van der Waals surface area contributed by atoms with E-state index in [-0.39, 0.29) is 0 Å². The number of aryl methyl sites for hydroxylation is 2. The summed E-state index contributed by atoms with van der Waals surface area (Å²) >= 11 is 0. The maximum absolute atomic E-state index is 9.25. The Labute approximate surface area is 60.5 Å². The molecule has 0 amide bonds. The van der Waals surface area contributed by atoms with E-state index in [1.54, 1.807) is 12.3 Å². The minimum absolute atomic E-state index is 0.356. The number of pyridine rings is 1. The fourth-order valence-electron chi connectivity index (χ4n) is 0.846. The fraction of sp³-hybridized carbons (Fsp3) is 0.375. The van der Waals surface area contributed by atoms with Crippen LogP contribution < -0.4 is 0 Å². The summed E-state index contributed by atoms with van der Waals surface area (Å²) in [6, 6.07) is 1.68. The summed E-state index contributed by atoms with van der Waals surface area (Å²) in [4.78, 5) is 4.05. The standard InChI is InChI=1S/C8H11NO/c1-3-7-5-9-6(2)4-8(7)10/h4-5H,3H2,1-2H3,(H,9,10). The Balaban J connectivity index is 3.07. The molecule has 0 aliphatic heterocycles. The highest BCUT2D eigenvalue weighted by Crippen LogP contribution is 2.15. The molecule has 2 nitrogen and oxygen atoms in total. The van der Waals surface area contributed by atoms with Crippen LogP contribution in [0.5, 0.6) is 5.75 Å². The van der Waals surface area contributed by atoms with Crippen LogP contribution in [0.3, 0.4) is 0 Å². The molecule has 1 N–H and O–H groups in total. The van der Waals surface area contributed by atoms with Crippen molar-refractivity contribution in [1.29, 1.82) is 0 Å². The van der Waals surface area contributed by atoms with Crippen molar-refractivity contribution in [1.82, 2.24) is 4.98 Å². The zero-order valence-corrected chi connectivity index (χ0v) is 6.26. The highest BCUT2D eigenvalue weighted by atomic mass is 16.3. The molecule has 0 aliphatic rings. The van der Waals surface area contributed by atoms with Crippen LogP contribution in [0.2, 0.25) is 0 Å². The SMILES string of the molecule is CCc1cnc(C)cc1O. The Morgan fingerprint density at radius 3 is 2.80 bits per heavy atom. The number of hydrogen-bond donors (Lipinski definition) is 1. The van der Waals surface area contributed by atoms with Crippen LogP contribution in [0.25, 0.3) is 0 Å². The van der Waals surface area contributed by atoms with Crippen molar-refractivity contribution in [2.45, 2.75) is 20.3 Å². The largest absolute Gasteiger partial charge is 0.508 e. The lowest BCUT2D eigenvalue weighted by Crippen LogP contribution is -1.85. The van der Waals surface area contributed by atoms with Gasteiger partial charge in [0, 0.05) is 23.5 Å². The van der Waals surface area contributed by atoms with Crippen LogP contribution in [0, 0.1) is 6.92 Å². The van der Waals surface area contributed by atoms with Crippen molar-refractivity contribution in [2.75, 3.05) is 0 Å². The molecule has 0 fully saturated rings. The summed E-state index contributed by atoms with van der Waals surface area (Å²) in [6.07, 6.45) is 2.55. The molecule has 0 atom stereocenters. The Bertz CT molecular complexity index is 233. The van der Waals surface area contributed by atoms with Crippen molar-refractivity contribution in [3.8, 4) is 5.75 Å². The molecule has 2 heteroatoms. The molecule has 0 aromatic carbocycles. The Kier molecular flexibility index (Phi) is 1.90. The van der Waals surface area contributed by atoms with Crippen LogP contribution >= 0.6 is 0 Å². The Morgan fingerprint density at radius 2 is 2.30 bits per heavy atom. The van der Waals surface area contributed by atoms with E-state index in [4.69, 9.17) is 0 Å². The van der Waals surface area contributed by atoms with Gasteiger partial charge >= 0.3 is 0 Å². The molecule has 1 aromatic rings. The number of aromatic nitrogens is 1. The third kappa shape index (κ3) is 1.26. The molecule has 0 radical (unpaired) electrons. The van der Waals surface area contributed by atoms with Crippen LogP contribution in [0.15, 0.2) is 12.3 Å². The van der Waals surface area contributed by atoms with Crippen molar-refractivity contribution in [3.63, 3.8) is 0 Å². The van der Waals surface area contributed by atoms with Gasteiger partial charge in [-0.3, -0.25) is 4.98 Å². The smallest absolute Gasteiger partial charge is 0.122 e. The maximum atomic E-state index is 9.25. The molecule has 0 saturated carbocycles. The van der Waals surface area contributed by atoms with Crippen LogP contribution in [-0.2, 0) is 6.42 Å². The van der Waals surface area contributed by atoms with E-state index in [9.17, 15) is 5.11 Å². The lowest BCUT2D eigenvalue weighted by Gasteiger charge is -1.99. The predicted molar refractivity (Wildman–Crippen MR) is 40.0 cm³/mol. The molecule has 1 heterocycles. The summed E-state index contributed by atoms with van der Waals surface area (Å²) in [5.41, 5.74) is 1.76. The minimum Gasteiger partial charge on any atom is -0.508 e. The monoisotopic (exact) mass is 137 g/mol. The molecular formula is C8H11NO. The van der Waals surface area contributed by atoms with E-state index in [1.807, 2.05) is 13.8 Å². The van der Waals surface area contributed by atoms with E-state index in [0.717, 1.165) is 17.7 Å².